The van der Waals surface area contributed by atoms with Crippen LogP contribution in [0.3, 0.4) is 0 Å². The summed E-state index contributed by atoms with van der Waals surface area (Å²) in [5.41, 5.74) is 1.12. The molecule has 1 aromatic heterocycles. The average molecular weight is 286 g/mol. The van der Waals surface area contributed by atoms with Gasteiger partial charge in [-0.15, -0.1) is 0 Å². The molecule has 1 amide bonds. The minimum atomic E-state index is -1.02. The van der Waals surface area contributed by atoms with Crippen LogP contribution in [0.4, 0.5) is 0 Å². The zero-order valence-corrected chi connectivity index (χ0v) is 11.7. The summed E-state index contributed by atoms with van der Waals surface area (Å²) in [7, 11) is 0. The monoisotopic (exact) mass is 286 g/mol. The fourth-order valence-electron chi connectivity index (χ4n) is 2.84. The second-order valence-electron chi connectivity index (χ2n) is 5.65. The summed E-state index contributed by atoms with van der Waals surface area (Å²) >= 11 is 0. The van der Waals surface area contributed by atoms with Crippen molar-refractivity contribution in [3.8, 4) is 0 Å². The predicted molar refractivity (Wildman–Crippen MR) is 79.0 cm³/mol. The fraction of sp³-hybridized carbons (Fsp3) is 0.375. The number of aromatic amines is 1. The molecule has 1 aliphatic rings. The van der Waals surface area contributed by atoms with E-state index in [1.165, 1.54) is 0 Å². The predicted octanol–water partition coefficient (Wildman–Crippen LogP) is 2.22. The number of hydrogen-bond acceptors (Lipinski definition) is 2. The summed E-state index contributed by atoms with van der Waals surface area (Å²) < 4.78 is 0. The van der Waals surface area contributed by atoms with Crippen molar-refractivity contribution in [3.05, 3.63) is 36.0 Å². The summed E-state index contributed by atoms with van der Waals surface area (Å²) in [6.45, 7) is 0. The molecule has 0 atom stereocenters. The van der Waals surface area contributed by atoms with Gasteiger partial charge in [-0.3, -0.25) is 4.79 Å². The minimum Gasteiger partial charge on any atom is -0.480 e. The van der Waals surface area contributed by atoms with Crippen LogP contribution in [0.2, 0.25) is 0 Å². The van der Waals surface area contributed by atoms with Gasteiger partial charge in [-0.1, -0.05) is 18.2 Å². The average Bonchev–Trinajstić information content (AvgIpc) is 2.83. The van der Waals surface area contributed by atoms with E-state index in [0.717, 1.165) is 22.9 Å². The minimum absolute atomic E-state index is 0.192. The van der Waals surface area contributed by atoms with Crippen LogP contribution in [0.15, 0.2) is 30.5 Å². The topological polar surface area (TPSA) is 82.2 Å². The zero-order valence-electron chi connectivity index (χ0n) is 11.7. The second kappa shape index (κ2) is 5.24. The van der Waals surface area contributed by atoms with Crippen LogP contribution in [0.5, 0.6) is 0 Å². The Bertz CT molecular complexity index is 686. The summed E-state index contributed by atoms with van der Waals surface area (Å²) in [6.07, 6.45) is 4.73. The molecule has 0 bridgehead atoms. The molecular formula is C16H18N2O3. The van der Waals surface area contributed by atoms with Gasteiger partial charge in [0.2, 0.25) is 5.91 Å². The van der Waals surface area contributed by atoms with Gasteiger partial charge in [-0.25, -0.2) is 4.79 Å². The molecule has 110 valence electrons. The number of rotatable bonds is 5. The molecule has 1 aromatic carbocycles. The van der Waals surface area contributed by atoms with Gasteiger partial charge in [0.1, 0.15) is 5.54 Å². The van der Waals surface area contributed by atoms with Crippen LogP contribution in [0.1, 0.15) is 31.2 Å². The summed E-state index contributed by atoms with van der Waals surface area (Å²) in [6, 6.07) is 7.94. The second-order valence-corrected chi connectivity index (χ2v) is 5.65. The van der Waals surface area contributed by atoms with Gasteiger partial charge in [0.15, 0.2) is 0 Å². The van der Waals surface area contributed by atoms with E-state index in [2.05, 4.69) is 10.3 Å². The molecule has 1 aliphatic carbocycles. The van der Waals surface area contributed by atoms with Crippen molar-refractivity contribution in [1.82, 2.24) is 10.3 Å². The largest absolute Gasteiger partial charge is 0.480 e. The number of aliphatic carboxylic acids is 1. The number of hydrogen-bond donors (Lipinski definition) is 3. The van der Waals surface area contributed by atoms with E-state index in [9.17, 15) is 14.7 Å². The van der Waals surface area contributed by atoms with Crippen molar-refractivity contribution in [2.45, 2.75) is 37.6 Å². The maximum atomic E-state index is 12.0. The fourth-order valence-corrected chi connectivity index (χ4v) is 2.84. The number of fused-ring (bicyclic) bond motifs is 1. The van der Waals surface area contributed by atoms with E-state index < -0.39 is 11.5 Å². The molecule has 1 fully saturated rings. The highest BCUT2D eigenvalue weighted by atomic mass is 16.4. The summed E-state index contributed by atoms with van der Waals surface area (Å²) in [5.74, 6) is -1.11. The molecule has 0 unspecified atom stereocenters. The Kier molecular flexibility index (Phi) is 3.41. The lowest BCUT2D eigenvalue weighted by atomic mass is 9.76. The molecule has 5 nitrogen and oxygen atoms in total. The Balaban J connectivity index is 1.62. The number of benzene rings is 1. The molecule has 1 saturated carbocycles. The van der Waals surface area contributed by atoms with Gasteiger partial charge >= 0.3 is 5.97 Å². The van der Waals surface area contributed by atoms with Crippen molar-refractivity contribution in [3.63, 3.8) is 0 Å². The van der Waals surface area contributed by atoms with E-state index in [1.54, 1.807) is 0 Å². The van der Waals surface area contributed by atoms with Crippen molar-refractivity contribution >= 4 is 22.8 Å². The van der Waals surface area contributed by atoms with Gasteiger partial charge in [0.25, 0.3) is 0 Å². The molecule has 3 N–H and O–H groups in total. The van der Waals surface area contributed by atoms with Crippen LogP contribution in [0, 0.1) is 0 Å². The highest BCUT2D eigenvalue weighted by Crippen LogP contribution is 2.32. The normalized spacial score (nSPS) is 16.4. The molecule has 5 heteroatoms. The molecular weight excluding hydrogens is 268 g/mol. The third kappa shape index (κ3) is 2.51. The van der Waals surface area contributed by atoms with Gasteiger partial charge < -0.3 is 15.4 Å². The van der Waals surface area contributed by atoms with Crippen molar-refractivity contribution in [1.29, 1.82) is 0 Å². The Morgan fingerprint density at radius 3 is 2.71 bits per heavy atom. The molecule has 0 radical (unpaired) electrons. The first-order valence-electron chi connectivity index (χ1n) is 7.20. The summed E-state index contributed by atoms with van der Waals surface area (Å²) in [4.78, 5) is 26.4. The maximum Gasteiger partial charge on any atom is 0.329 e. The molecule has 3 rings (SSSR count). The number of aromatic nitrogens is 1. The van der Waals surface area contributed by atoms with Crippen LogP contribution >= 0.6 is 0 Å². The molecule has 2 aromatic rings. The van der Waals surface area contributed by atoms with Gasteiger partial charge in [-0.2, -0.15) is 0 Å². The molecule has 0 spiro atoms. The number of carboxylic acid groups (broad SMARTS) is 1. The number of H-pyrrole nitrogens is 1. The number of amides is 1. The highest BCUT2D eigenvalue weighted by Gasteiger charge is 2.45. The zero-order chi connectivity index (χ0) is 14.9. The van der Waals surface area contributed by atoms with E-state index in [1.807, 2.05) is 30.5 Å². The Labute approximate surface area is 122 Å². The van der Waals surface area contributed by atoms with Crippen molar-refractivity contribution in [2.75, 3.05) is 0 Å². The van der Waals surface area contributed by atoms with Crippen molar-refractivity contribution < 1.29 is 14.7 Å². The lowest BCUT2D eigenvalue weighted by Crippen LogP contribution is -2.59. The number of carboxylic acids is 1. The maximum absolute atomic E-state index is 12.0. The van der Waals surface area contributed by atoms with E-state index in [4.69, 9.17) is 0 Å². The van der Waals surface area contributed by atoms with E-state index in [-0.39, 0.29) is 5.91 Å². The number of nitrogens with one attached hydrogen (secondary N) is 2. The smallest absolute Gasteiger partial charge is 0.329 e. The van der Waals surface area contributed by atoms with Crippen LogP contribution in [0.25, 0.3) is 10.9 Å². The first-order valence-corrected chi connectivity index (χ1v) is 7.20. The van der Waals surface area contributed by atoms with Crippen molar-refractivity contribution in [2.24, 2.45) is 0 Å². The standard InChI is InChI=1S/C16H18N2O3/c19-14(18-16(15(20)21)8-3-9-16)7-6-11-10-17-13-5-2-1-4-12(11)13/h1-2,4-5,10,17H,3,6-9H2,(H,18,19)(H,20,21). The number of para-hydroxylation sites is 1. The number of carbonyl (C=O) groups excluding carboxylic acids is 1. The Morgan fingerprint density at radius 1 is 1.29 bits per heavy atom. The number of aryl methyl sites for hydroxylation is 1. The van der Waals surface area contributed by atoms with E-state index >= 15 is 0 Å². The summed E-state index contributed by atoms with van der Waals surface area (Å²) in [5, 5.41) is 13.0. The number of carbonyl (C=O) groups is 2. The quantitative estimate of drug-likeness (QED) is 0.788. The SMILES string of the molecule is O=C(CCc1c[nH]c2ccccc12)NC1(C(=O)O)CCC1. The van der Waals surface area contributed by atoms with Gasteiger partial charge in [0.05, 0.1) is 0 Å². The molecule has 21 heavy (non-hydrogen) atoms. The molecule has 1 heterocycles. The first kappa shape index (κ1) is 13.7. The van der Waals surface area contributed by atoms with Gasteiger partial charge in [-0.05, 0) is 37.3 Å². The lowest BCUT2D eigenvalue weighted by molar-refractivity contribution is -0.151. The van der Waals surface area contributed by atoms with Crippen LogP contribution in [-0.2, 0) is 16.0 Å². The molecule has 0 saturated heterocycles. The Morgan fingerprint density at radius 2 is 2.05 bits per heavy atom. The molecule has 0 aliphatic heterocycles. The third-order valence-corrected chi connectivity index (χ3v) is 4.29. The third-order valence-electron chi connectivity index (χ3n) is 4.29. The van der Waals surface area contributed by atoms with Crippen LogP contribution in [-0.4, -0.2) is 27.5 Å². The lowest BCUT2D eigenvalue weighted by Gasteiger charge is -2.38. The Hall–Kier alpha value is -2.30. The first-order chi connectivity index (χ1) is 10.1. The van der Waals surface area contributed by atoms with Crippen LogP contribution < -0.4 is 5.32 Å². The highest BCUT2D eigenvalue weighted by molar-refractivity contribution is 5.88. The van der Waals surface area contributed by atoms with Gasteiger partial charge in [0, 0.05) is 23.5 Å². The van der Waals surface area contributed by atoms with E-state index in [0.29, 0.717) is 25.7 Å².